The number of amides is 1. The number of aryl methyl sites for hydroxylation is 1. The maximum atomic E-state index is 11.9. The van der Waals surface area contributed by atoms with Crippen LogP contribution in [0.15, 0.2) is 42.7 Å². The predicted octanol–water partition coefficient (Wildman–Crippen LogP) is 1.65. The highest BCUT2D eigenvalue weighted by Crippen LogP contribution is 2.02. The van der Waals surface area contributed by atoms with Gasteiger partial charge in [-0.1, -0.05) is 30.3 Å². The van der Waals surface area contributed by atoms with Gasteiger partial charge in [-0.15, -0.1) is 0 Å². The van der Waals surface area contributed by atoms with Gasteiger partial charge < -0.3 is 5.32 Å². The normalized spacial score (nSPS) is 10.8. The van der Waals surface area contributed by atoms with Crippen molar-refractivity contribution in [2.24, 2.45) is 0 Å². The molecule has 1 N–H and O–H groups in total. The number of carbonyl (C=O) groups excluding carboxylic acids is 1. The Hall–Kier alpha value is -2.14. The van der Waals surface area contributed by atoms with E-state index in [1.165, 1.54) is 0 Å². The Labute approximate surface area is 125 Å². The maximum Gasteiger partial charge on any atom is 0.234 e. The van der Waals surface area contributed by atoms with Crippen LogP contribution in [0, 0.1) is 0 Å². The molecule has 0 bridgehead atoms. The summed E-state index contributed by atoms with van der Waals surface area (Å²) < 4.78 is 1.89. The highest BCUT2D eigenvalue weighted by atomic mass is 16.2. The number of rotatable bonds is 7. The number of hydrogen-bond acceptors (Lipinski definition) is 3. The molecule has 1 heterocycles. The highest BCUT2D eigenvalue weighted by Gasteiger charge is 2.08. The molecule has 0 atom stereocenters. The molecule has 21 heavy (non-hydrogen) atoms. The molecular formula is C16H22N4O. The summed E-state index contributed by atoms with van der Waals surface area (Å²) in [5, 5.41) is 7.16. The number of carbonyl (C=O) groups is 1. The van der Waals surface area contributed by atoms with E-state index in [0.717, 1.165) is 24.2 Å². The van der Waals surface area contributed by atoms with Crippen LogP contribution < -0.4 is 5.32 Å². The van der Waals surface area contributed by atoms with Crippen molar-refractivity contribution in [1.82, 2.24) is 20.0 Å². The van der Waals surface area contributed by atoms with Gasteiger partial charge in [0.1, 0.15) is 0 Å². The summed E-state index contributed by atoms with van der Waals surface area (Å²) in [7, 11) is 1.94. The van der Waals surface area contributed by atoms with Crippen molar-refractivity contribution in [2.75, 3.05) is 13.6 Å². The lowest BCUT2D eigenvalue weighted by Crippen LogP contribution is -2.34. The second-order valence-electron chi connectivity index (χ2n) is 5.14. The van der Waals surface area contributed by atoms with Crippen LogP contribution in [0.1, 0.15) is 18.1 Å². The molecule has 0 saturated carbocycles. The lowest BCUT2D eigenvalue weighted by atomic mass is 10.2. The summed E-state index contributed by atoms with van der Waals surface area (Å²) in [6, 6.07) is 9.92. The van der Waals surface area contributed by atoms with Crippen LogP contribution in [-0.2, 0) is 24.4 Å². The van der Waals surface area contributed by atoms with Gasteiger partial charge in [-0.25, -0.2) is 0 Å². The topological polar surface area (TPSA) is 50.2 Å². The summed E-state index contributed by atoms with van der Waals surface area (Å²) in [5.41, 5.74) is 2.23. The van der Waals surface area contributed by atoms with E-state index >= 15 is 0 Å². The van der Waals surface area contributed by atoms with Gasteiger partial charge in [0.05, 0.1) is 12.7 Å². The average Bonchev–Trinajstić information content (AvgIpc) is 2.93. The minimum absolute atomic E-state index is 0.0317. The Morgan fingerprint density at radius 1 is 1.29 bits per heavy atom. The molecule has 2 aromatic rings. The van der Waals surface area contributed by atoms with Crippen molar-refractivity contribution in [3.63, 3.8) is 0 Å². The van der Waals surface area contributed by atoms with E-state index in [9.17, 15) is 4.79 Å². The first-order valence-corrected chi connectivity index (χ1v) is 7.18. The Morgan fingerprint density at radius 2 is 2.05 bits per heavy atom. The van der Waals surface area contributed by atoms with Crippen LogP contribution in [0.3, 0.4) is 0 Å². The van der Waals surface area contributed by atoms with Gasteiger partial charge >= 0.3 is 0 Å². The van der Waals surface area contributed by atoms with Crippen molar-refractivity contribution in [3.8, 4) is 0 Å². The van der Waals surface area contributed by atoms with E-state index < -0.39 is 0 Å². The van der Waals surface area contributed by atoms with Crippen LogP contribution in [0.5, 0.6) is 0 Å². The van der Waals surface area contributed by atoms with Crippen LogP contribution in [0.2, 0.25) is 0 Å². The quantitative estimate of drug-likeness (QED) is 0.842. The zero-order chi connectivity index (χ0) is 15.1. The third-order valence-electron chi connectivity index (χ3n) is 3.21. The van der Waals surface area contributed by atoms with Gasteiger partial charge in [-0.05, 0) is 19.5 Å². The van der Waals surface area contributed by atoms with Gasteiger partial charge in [-0.3, -0.25) is 14.4 Å². The Morgan fingerprint density at radius 3 is 2.71 bits per heavy atom. The van der Waals surface area contributed by atoms with Gasteiger partial charge in [0.2, 0.25) is 5.91 Å². The van der Waals surface area contributed by atoms with Crippen molar-refractivity contribution < 1.29 is 4.79 Å². The molecule has 0 spiro atoms. The molecule has 5 nitrogen and oxygen atoms in total. The highest BCUT2D eigenvalue weighted by molar-refractivity contribution is 5.77. The molecule has 5 heteroatoms. The summed E-state index contributed by atoms with van der Waals surface area (Å²) in [6.45, 7) is 4.59. The smallest absolute Gasteiger partial charge is 0.234 e. The Kier molecular flexibility index (Phi) is 5.51. The molecule has 0 saturated heterocycles. The fraction of sp³-hybridized carbons (Fsp3) is 0.375. The molecule has 0 aliphatic carbocycles. The fourth-order valence-corrected chi connectivity index (χ4v) is 2.13. The largest absolute Gasteiger partial charge is 0.351 e. The number of nitrogens with zero attached hydrogens (tertiary/aromatic N) is 3. The van der Waals surface area contributed by atoms with Gasteiger partial charge in [0.15, 0.2) is 0 Å². The van der Waals surface area contributed by atoms with Crippen molar-refractivity contribution >= 4 is 5.91 Å². The van der Waals surface area contributed by atoms with Crippen LogP contribution in [-0.4, -0.2) is 34.2 Å². The monoisotopic (exact) mass is 286 g/mol. The van der Waals surface area contributed by atoms with Crippen LogP contribution >= 0.6 is 0 Å². The minimum atomic E-state index is 0.0317. The van der Waals surface area contributed by atoms with E-state index in [2.05, 4.69) is 17.3 Å². The number of nitrogens with one attached hydrogen (secondary N) is 1. The standard InChI is InChI=1S/C16H22N4O/c1-3-20-12-15(10-18-20)11-19(2)13-16(21)17-9-14-7-5-4-6-8-14/h4-8,10,12H,3,9,11,13H2,1-2H3,(H,17,21). The minimum Gasteiger partial charge on any atom is -0.351 e. The SMILES string of the molecule is CCn1cc(CN(C)CC(=O)NCc2ccccc2)cn1. The molecule has 0 fully saturated rings. The van der Waals surface area contributed by atoms with Crippen LogP contribution in [0.4, 0.5) is 0 Å². The average molecular weight is 286 g/mol. The van der Waals surface area contributed by atoms with Crippen molar-refractivity contribution in [3.05, 3.63) is 53.9 Å². The summed E-state index contributed by atoms with van der Waals surface area (Å²) in [4.78, 5) is 13.9. The van der Waals surface area contributed by atoms with E-state index in [0.29, 0.717) is 13.1 Å². The molecule has 0 aliphatic heterocycles. The molecule has 112 valence electrons. The van der Waals surface area contributed by atoms with Gasteiger partial charge in [-0.2, -0.15) is 5.10 Å². The van der Waals surface area contributed by atoms with Crippen molar-refractivity contribution in [2.45, 2.75) is 26.6 Å². The first-order chi connectivity index (χ1) is 10.2. The third kappa shape index (κ3) is 5.04. The Bertz CT molecular complexity index is 565. The number of likely N-dealkylation sites (N-methyl/N-ethyl adjacent to an activating group) is 1. The van der Waals surface area contributed by atoms with Gasteiger partial charge in [0, 0.05) is 31.4 Å². The second kappa shape index (κ2) is 7.59. The van der Waals surface area contributed by atoms with E-state index in [1.807, 2.05) is 59.4 Å². The number of benzene rings is 1. The third-order valence-corrected chi connectivity index (χ3v) is 3.21. The first-order valence-electron chi connectivity index (χ1n) is 7.18. The molecule has 0 unspecified atom stereocenters. The van der Waals surface area contributed by atoms with Crippen molar-refractivity contribution in [1.29, 1.82) is 0 Å². The number of aromatic nitrogens is 2. The first kappa shape index (κ1) is 15.3. The maximum absolute atomic E-state index is 11.9. The molecule has 2 rings (SSSR count). The summed E-state index contributed by atoms with van der Waals surface area (Å²) in [6.07, 6.45) is 3.86. The van der Waals surface area contributed by atoms with Crippen LogP contribution in [0.25, 0.3) is 0 Å². The lowest BCUT2D eigenvalue weighted by molar-refractivity contribution is -0.122. The second-order valence-corrected chi connectivity index (χ2v) is 5.14. The van der Waals surface area contributed by atoms with E-state index in [1.54, 1.807) is 0 Å². The number of hydrogen-bond donors (Lipinski definition) is 1. The van der Waals surface area contributed by atoms with Gasteiger partial charge in [0.25, 0.3) is 0 Å². The molecule has 1 aromatic heterocycles. The molecular weight excluding hydrogens is 264 g/mol. The lowest BCUT2D eigenvalue weighted by Gasteiger charge is -2.15. The zero-order valence-corrected chi connectivity index (χ0v) is 12.6. The zero-order valence-electron chi connectivity index (χ0n) is 12.6. The molecule has 0 radical (unpaired) electrons. The molecule has 1 amide bonds. The summed E-state index contributed by atoms with van der Waals surface area (Å²) >= 11 is 0. The van der Waals surface area contributed by atoms with E-state index in [4.69, 9.17) is 0 Å². The molecule has 1 aromatic carbocycles. The fourth-order valence-electron chi connectivity index (χ4n) is 2.13. The predicted molar refractivity (Wildman–Crippen MR) is 82.5 cm³/mol. The molecule has 0 aliphatic rings. The summed E-state index contributed by atoms with van der Waals surface area (Å²) in [5.74, 6) is 0.0317. The van der Waals surface area contributed by atoms with E-state index in [-0.39, 0.29) is 5.91 Å². The Balaban J connectivity index is 1.74.